The molecular formula is C19H13NO7. The fourth-order valence-electron chi connectivity index (χ4n) is 3.62. The van der Waals surface area contributed by atoms with Gasteiger partial charge in [0.2, 0.25) is 0 Å². The van der Waals surface area contributed by atoms with E-state index < -0.39 is 23.9 Å². The van der Waals surface area contributed by atoms with Gasteiger partial charge in [0.25, 0.3) is 0 Å². The molecule has 2 aliphatic heterocycles. The summed E-state index contributed by atoms with van der Waals surface area (Å²) in [5, 5.41) is 18.5. The molecule has 0 aromatic heterocycles. The molecular weight excluding hydrogens is 354 g/mol. The number of carbonyl (C=O) groups excluding carboxylic acids is 2. The molecule has 2 aromatic carbocycles. The van der Waals surface area contributed by atoms with Gasteiger partial charge >= 0.3 is 23.9 Å². The molecule has 136 valence electrons. The van der Waals surface area contributed by atoms with Gasteiger partial charge in [-0.05, 0) is 29.8 Å². The van der Waals surface area contributed by atoms with E-state index in [9.17, 15) is 29.4 Å². The van der Waals surface area contributed by atoms with Gasteiger partial charge in [0, 0.05) is 18.2 Å². The summed E-state index contributed by atoms with van der Waals surface area (Å²) in [6.07, 6.45) is 0. The van der Waals surface area contributed by atoms with Gasteiger partial charge in [-0.25, -0.2) is 19.2 Å². The highest BCUT2D eigenvalue weighted by molar-refractivity contribution is 6.18. The topological polar surface area (TPSA) is 121 Å². The van der Waals surface area contributed by atoms with Crippen LogP contribution >= 0.6 is 0 Å². The van der Waals surface area contributed by atoms with Crippen LogP contribution in [0.1, 0.15) is 59.8 Å². The van der Waals surface area contributed by atoms with Crippen molar-refractivity contribution >= 4 is 35.3 Å². The lowest BCUT2D eigenvalue weighted by Gasteiger charge is -2.22. The van der Waals surface area contributed by atoms with E-state index >= 15 is 0 Å². The van der Waals surface area contributed by atoms with E-state index in [1.807, 2.05) is 6.92 Å². The van der Waals surface area contributed by atoms with E-state index in [1.165, 1.54) is 18.2 Å². The zero-order chi connectivity index (χ0) is 19.5. The van der Waals surface area contributed by atoms with Gasteiger partial charge in [-0.2, -0.15) is 0 Å². The Hall–Kier alpha value is -3.68. The van der Waals surface area contributed by atoms with Gasteiger partial charge in [-0.15, -0.1) is 0 Å². The molecule has 2 aromatic rings. The molecule has 0 saturated carbocycles. The number of rotatable bonds is 3. The number of nitrogens with zero attached hydrogens (tertiary/aromatic N) is 1. The van der Waals surface area contributed by atoms with E-state index in [0.29, 0.717) is 17.9 Å². The first kappa shape index (κ1) is 16.8. The first-order valence-electron chi connectivity index (χ1n) is 8.11. The Balaban J connectivity index is 1.91. The number of carbonyl (C=O) groups is 4. The predicted octanol–water partition coefficient (Wildman–Crippen LogP) is 2.65. The number of carboxylic acids is 2. The van der Waals surface area contributed by atoms with Gasteiger partial charge in [0.05, 0.1) is 27.9 Å². The van der Waals surface area contributed by atoms with E-state index in [1.54, 1.807) is 17.0 Å². The van der Waals surface area contributed by atoms with Crippen molar-refractivity contribution in [2.45, 2.75) is 12.8 Å². The highest BCUT2D eigenvalue weighted by Gasteiger charge is 2.39. The Morgan fingerprint density at radius 2 is 1.74 bits per heavy atom. The molecule has 2 aliphatic rings. The summed E-state index contributed by atoms with van der Waals surface area (Å²) in [6, 6.07) is 7.27. The number of benzene rings is 2. The quantitative estimate of drug-likeness (QED) is 0.627. The summed E-state index contributed by atoms with van der Waals surface area (Å²) in [4.78, 5) is 48.5. The maximum Gasteiger partial charge on any atom is 0.349 e. The Kier molecular flexibility index (Phi) is 3.52. The maximum atomic E-state index is 12.2. The lowest BCUT2D eigenvalue weighted by molar-refractivity contribution is 0.0443. The molecule has 4 rings (SSSR count). The van der Waals surface area contributed by atoms with E-state index in [-0.39, 0.29) is 28.2 Å². The summed E-state index contributed by atoms with van der Waals surface area (Å²) in [5.41, 5.74) is 1.39. The van der Waals surface area contributed by atoms with Crippen LogP contribution in [0.3, 0.4) is 0 Å². The van der Waals surface area contributed by atoms with Gasteiger partial charge < -0.3 is 19.8 Å². The molecule has 8 heteroatoms. The summed E-state index contributed by atoms with van der Waals surface area (Å²) < 4.78 is 4.71. The normalized spacial score (nSPS) is 17.5. The second kappa shape index (κ2) is 5.66. The fraction of sp³-hybridized carbons (Fsp3) is 0.158. The summed E-state index contributed by atoms with van der Waals surface area (Å²) in [7, 11) is 0. The number of ether oxygens (including phenoxy) is 1. The average molecular weight is 367 g/mol. The van der Waals surface area contributed by atoms with E-state index in [0.717, 1.165) is 5.56 Å². The standard InChI is InChI=1S/C19H13NO7/c1-8-7-20(9-2-3-11(16(21)22)13(6-9)17(23)24)15-10(8)4-5-12-14(15)19(26)27-18(12)25/h2-6,8H,7H2,1H3,(H,21,22)(H,23,24). The second-order valence-electron chi connectivity index (χ2n) is 6.45. The Morgan fingerprint density at radius 1 is 1.04 bits per heavy atom. The smallest absolute Gasteiger partial charge is 0.349 e. The van der Waals surface area contributed by atoms with Gasteiger partial charge in [0.1, 0.15) is 0 Å². The monoisotopic (exact) mass is 367 g/mol. The highest BCUT2D eigenvalue weighted by atomic mass is 16.6. The number of fused-ring (bicyclic) bond motifs is 3. The lowest BCUT2D eigenvalue weighted by Crippen LogP contribution is -2.18. The molecule has 0 amide bonds. The second-order valence-corrected chi connectivity index (χ2v) is 6.45. The maximum absolute atomic E-state index is 12.2. The Bertz CT molecular complexity index is 1060. The van der Waals surface area contributed by atoms with Crippen molar-refractivity contribution in [3.63, 3.8) is 0 Å². The number of anilines is 2. The first-order valence-corrected chi connectivity index (χ1v) is 8.11. The van der Waals surface area contributed by atoms with Crippen molar-refractivity contribution in [2.75, 3.05) is 11.4 Å². The van der Waals surface area contributed by atoms with Crippen LogP contribution in [-0.4, -0.2) is 40.6 Å². The molecule has 0 fully saturated rings. The first-order chi connectivity index (χ1) is 12.8. The van der Waals surface area contributed by atoms with Crippen molar-refractivity contribution in [1.82, 2.24) is 0 Å². The van der Waals surface area contributed by atoms with Crippen LogP contribution in [0.15, 0.2) is 30.3 Å². The number of carboxylic acid groups (broad SMARTS) is 2. The van der Waals surface area contributed by atoms with Crippen LogP contribution in [0.2, 0.25) is 0 Å². The number of hydrogen-bond donors (Lipinski definition) is 2. The largest absolute Gasteiger partial charge is 0.478 e. The van der Waals surface area contributed by atoms with Crippen LogP contribution in [0.25, 0.3) is 0 Å². The van der Waals surface area contributed by atoms with Crippen LogP contribution in [0.4, 0.5) is 11.4 Å². The summed E-state index contributed by atoms with van der Waals surface area (Å²) >= 11 is 0. The van der Waals surface area contributed by atoms with Crippen molar-refractivity contribution in [3.8, 4) is 0 Å². The number of hydrogen-bond acceptors (Lipinski definition) is 6. The van der Waals surface area contributed by atoms with Crippen molar-refractivity contribution in [2.24, 2.45) is 0 Å². The van der Waals surface area contributed by atoms with Gasteiger partial charge in [-0.3, -0.25) is 0 Å². The highest BCUT2D eigenvalue weighted by Crippen LogP contribution is 2.46. The van der Waals surface area contributed by atoms with Crippen LogP contribution in [-0.2, 0) is 4.74 Å². The van der Waals surface area contributed by atoms with Crippen molar-refractivity contribution < 1.29 is 34.1 Å². The molecule has 0 bridgehead atoms. The lowest BCUT2D eigenvalue weighted by atomic mass is 9.98. The third-order valence-corrected chi connectivity index (χ3v) is 4.85. The zero-order valence-corrected chi connectivity index (χ0v) is 14.1. The molecule has 1 atom stereocenters. The number of aromatic carboxylic acids is 2. The molecule has 2 N–H and O–H groups in total. The summed E-state index contributed by atoms with van der Waals surface area (Å²) in [5.74, 6) is -4.16. The SMILES string of the molecule is CC1CN(c2ccc(C(=O)O)c(C(=O)O)c2)c2c1ccc1c2C(=O)OC1=O. The van der Waals surface area contributed by atoms with Gasteiger partial charge in [0.15, 0.2) is 0 Å². The third kappa shape index (κ3) is 2.37. The fourth-order valence-corrected chi connectivity index (χ4v) is 3.62. The molecule has 0 radical (unpaired) electrons. The van der Waals surface area contributed by atoms with Crippen LogP contribution < -0.4 is 4.90 Å². The molecule has 2 heterocycles. The number of esters is 2. The minimum atomic E-state index is -1.37. The molecule has 0 spiro atoms. The Labute approximate surface area is 152 Å². The minimum absolute atomic E-state index is 0.0150. The number of cyclic esters (lactones) is 2. The average Bonchev–Trinajstić information content (AvgIpc) is 3.11. The van der Waals surface area contributed by atoms with Crippen LogP contribution in [0.5, 0.6) is 0 Å². The molecule has 8 nitrogen and oxygen atoms in total. The molecule has 0 aliphatic carbocycles. The minimum Gasteiger partial charge on any atom is -0.478 e. The predicted molar refractivity (Wildman–Crippen MR) is 92.0 cm³/mol. The molecule has 1 unspecified atom stereocenters. The van der Waals surface area contributed by atoms with Crippen LogP contribution in [0, 0.1) is 0 Å². The third-order valence-electron chi connectivity index (χ3n) is 4.85. The van der Waals surface area contributed by atoms with Crippen molar-refractivity contribution in [1.29, 1.82) is 0 Å². The van der Waals surface area contributed by atoms with Crippen molar-refractivity contribution in [3.05, 3.63) is 58.1 Å². The molecule has 27 heavy (non-hydrogen) atoms. The summed E-state index contributed by atoms with van der Waals surface area (Å²) in [6.45, 7) is 2.38. The Morgan fingerprint density at radius 3 is 2.41 bits per heavy atom. The zero-order valence-electron chi connectivity index (χ0n) is 14.1. The molecule has 0 saturated heterocycles. The van der Waals surface area contributed by atoms with E-state index in [4.69, 9.17) is 4.74 Å². The van der Waals surface area contributed by atoms with E-state index in [2.05, 4.69) is 0 Å². The van der Waals surface area contributed by atoms with Gasteiger partial charge in [-0.1, -0.05) is 13.0 Å².